The van der Waals surface area contributed by atoms with E-state index in [1.54, 1.807) is 6.20 Å². The topological polar surface area (TPSA) is 45.2 Å². The molecular weight excluding hydrogens is 250 g/mol. The third-order valence-electron chi connectivity index (χ3n) is 3.55. The maximum atomic E-state index is 4.54. The number of piperazine rings is 1. The van der Waals surface area contributed by atoms with Crippen LogP contribution < -0.4 is 4.90 Å². The Balaban J connectivity index is 1.57. The van der Waals surface area contributed by atoms with Crippen LogP contribution in [0, 0.1) is 6.92 Å². The Bertz CT molecular complexity index is 549. The van der Waals surface area contributed by atoms with Crippen LogP contribution in [0.2, 0.25) is 0 Å². The monoisotopic (exact) mass is 269 g/mol. The van der Waals surface area contributed by atoms with Crippen LogP contribution in [0.5, 0.6) is 0 Å². The quantitative estimate of drug-likeness (QED) is 0.845. The van der Waals surface area contributed by atoms with Gasteiger partial charge in [-0.3, -0.25) is 14.9 Å². The summed E-state index contributed by atoms with van der Waals surface area (Å²) in [6.45, 7) is 6.95. The molecule has 2 aromatic rings. The Morgan fingerprint density at radius 1 is 1.10 bits per heavy atom. The van der Waals surface area contributed by atoms with Gasteiger partial charge in [-0.05, 0) is 19.1 Å². The second-order valence-electron chi connectivity index (χ2n) is 5.10. The van der Waals surface area contributed by atoms with Crippen LogP contribution in [0.4, 0.5) is 5.82 Å². The van der Waals surface area contributed by atoms with Crippen molar-refractivity contribution in [1.29, 1.82) is 0 Å². The van der Waals surface area contributed by atoms with Gasteiger partial charge in [-0.1, -0.05) is 6.07 Å². The molecule has 5 heteroatoms. The molecule has 0 unspecified atom stereocenters. The van der Waals surface area contributed by atoms with Gasteiger partial charge in [0.15, 0.2) is 0 Å². The van der Waals surface area contributed by atoms with E-state index in [9.17, 15) is 0 Å². The summed E-state index contributed by atoms with van der Waals surface area (Å²) in [5, 5.41) is 0. The van der Waals surface area contributed by atoms with Gasteiger partial charge in [0, 0.05) is 45.1 Å². The highest BCUT2D eigenvalue weighted by Crippen LogP contribution is 2.13. The molecule has 1 aliphatic heterocycles. The number of hydrogen-bond donors (Lipinski definition) is 0. The molecule has 1 fully saturated rings. The Morgan fingerprint density at radius 3 is 2.65 bits per heavy atom. The SMILES string of the molecule is Cc1cncc(N2CCN(Cc3ccccn3)CC2)n1. The first-order valence-corrected chi connectivity index (χ1v) is 6.97. The summed E-state index contributed by atoms with van der Waals surface area (Å²) in [5.41, 5.74) is 2.11. The van der Waals surface area contributed by atoms with Crippen LogP contribution in [0.3, 0.4) is 0 Å². The van der Waals surface area contributed by atoms with Gasteiger partial charge in [-0.2, -0.15) is 0 Å². The molecular formula is C15H19N5. The lowest BCUT2D eigenvalue weighted by molar-refractivity contribution is 0.246. The Hall–Kier alpha value is -2.01. The van der Waals surface area contributed by atoms with E-state index in [-0.39, 0.29) is 0 Å². The van der Waals surface area contributed by atoms with Crippen LogP contribution in [-0.4, -0.2) is 46.0 Å². The summed E-state index contributed by atoms with van der Waals surface area (Å²) < 4.78 is 0. The number of pyridine rings is 1. The summed E-state index contributed by atoms with van der Waals surface area (Å²) >= 11 is 0. The number of nitrogens with zero attached hydrogens (tertiary/aromatic N) is 5. The molecule has 1 aliphatic rings. The van der Waals surface area contributed by atoms with Crippen LogP contribution in [-0.2, 0) is 6.54 Å². The lowest BCUT2D eigenvalue weighted by atomic mass is 10.2. The smallest absolute Gasteiger partial charge is 0.147 e. The van der Waals surface area contributed by atoms with Crippen LogP contribution in [0.15, 0.2) is 36.8 Å². The molecule has 0 saturated carbocycles. The van der Waals surface area contributed by atoms with Crippen LogP contribution >= 0.6 is 0 Å². The largest absolute Gasteiger partial charge is 0.353 e. The van der Waals surface area contributed by atoms with E-state index in [0.29, 0.717) is 0 Å². The zero-order valence-electron chi connectivity index (χ0n) is 11.7. The van der Waals surface area contributed by atoms with Gasteiger partial charge in [-0.25, -0.2) is 4.98 Å². The standard InChI is InChI=1S/C15H19N5/c1-13-10-16-11-15(18-13)20-8-6-19(7-9-20)12-14-4-2-3-5-17-14/h2-5,10-11H,6-9,12H2,1H3. The molecule has 0 aromatic carbocycles. The first-order chi connectivity index (χ1) is 9.81. The van der Waals surface area contributed by atoms with Crippen LogP contribution in [0.25, 0.3) is 0 Å². The predicted octanol–water partition coefficient (Wildman–Crippen LogP) is 1.50. The summed E-state index contributed by atoms with van der Waals surface area (Å²) in [6.07, 6.45) is 5.50. The molecule has 0 atom stereocenters. The lowest BCUT2D eigenvalue weighted by Gasteiger charge is -2.35. The minimum absolute atomic E-state index is 0.925. The zero-order valence-corrected chi connectivity index (χ0v) is 11.7. The number of hydrogen-bond acceptors (Lipinski definition) is 5. The summed E-state index contributed by atoms with van der Waals surface area (Å²) in [4.78, 5) is 17.9. The van der Waals surface area contributed by atoms with Crippen molar-refractivity contribution in [3.63, 3.8) is 0 Å². The van der Waals surface area contributed by atoms with E-state index < -0.39 is 0 Å². The molecule has 2 aromatic heterocycles. The highest BCUT2D eigenvalue weighted by atomic mass is 15.3. The summed E-state index contributed by atoms with van der Waals surface area (Å²) in [6, 6.07) is 6.08. The van der Waals surface area contributed by atoms with E-state index in [1.807, 2.05) is 31.5 Å². The van der Waals surface area contributed by atoms with Crippen molar-refractivity contribution < 1.29 is 0 Å². The molecule has 0 aliphatic carbocycles. The maximum Gasteiger partial charge on any atom is 0.147 e. The highest BCUT2D eigenvalue weighted by molar-refractivity contribution is 5.36. The fraction of sp³-hybridized carbons (Fsp3) is 0.400. The van der Waals surface area contributed by atoms with Crippen LogP contribution in [0.1, 0.15) is 11.4 Å². The molecule has 0 spiro atoms. The van der Waals surface area contributed by atoms with Crippen molar-refractivity contribution in [3.05, 3.63) is 48.2 Å². The average Bonchev–Trinajstić information content (AvgIpc) is 2.49. The minimum Gasteiger partial charge on any atom is -0.353 e. The number of aromatic nitrogens is 3. The molecule has 0 bridgehead atoms. The normalized spacial score (nSPS) is 16.4. The second kappa shape index (κ2) is 5.96. The van der Waals surface area contributed by atoms with E-state index in [2.05, 4.69) is 30.8 Å². The molecule has 1 saturated heterocycles. The van der Waals surface area contributed by atoms with Gasteiger partial charge in [0.25, 0.3) is 0 Å². The fourth-order valence-electron chi connectivity index (χ4n) is 2.46. The maximum absolute atomic E-state index is 4.54. The van der Waals surface area contributed by atoms with Crippen molar-refractivity contribution in [2.75, 3.05) is 31.1 Å². The molecule has 104 valence electrons. The van der Waals surface area contributed by atoms with Gasteiger partial charge >= 0.3 is 0 Å². The molecule has 3 rings (SSSR count). The first kappa shape index (κ1) is 13.0. The Kier molecular flexibility index (Phi) is 3.87. The molecule has 3 heterocycles. The van der Waals surface area contributed by atoms with Gasteiger partial charge in [0.2, 0.25) is 0 Å². The van der Waals surface area contributed by atoms with E-state index in [0.717, 1.165) is 49.9 Å². The zero-order chi connectivity index (χ0) is 13.8. The highest BCUT2D eigenvalue weighted by Gasteiger charge is 2.18. The summed E-state index contributed by atoms with van der Waals surface area (Å²) in [5.74, 6) is 0.988. The van der Waals surface area contributed by atoms with Crippen molar-refractivity contribution in [2.24, 2.45) is 0 Å². The molecule has 0 radical (unpaired) electrons. The third kappa shape index (κ3) is 3.11. The van der Waals surface area contributed by atoms with Gasteiger partial charge in [0.1, 0.15) is 5.82 Å². The fourth-order valence-corrected chi connectivity index (χ4v) is 2.46. The van der Waals surface area contributed by atoms with Crippen molar-refractivity contribution >= 4 is 5.82 Å². The number of rotatable bonds is 3. The van der Waals surface area contributed by atoms with Crippen molar-refractivity contribution in [3.8, 4) is 0 Å². The molecule has 5 nitrogen and oxygen atoms in total. The van der Waals surface area contributed by atoms with Gasteiger partial charge in [0.05, 0.1) is 17.6 Å². The third-order valence-corrected chi connectivity index (χ3v) is 3.55. The molecule has 20 heavy (non-hydrogen) atoms. The average molecular weight is 269 g/mol. The Morgan fingerprint density at radius 2 is 1.95 bits per heavy atom. The number of anilines is 1. The van der Waals surface area contributed by atoms with E-state index >= 15 is 0 Å². The van der Waals surface area contributed by atoms with Crippen molar-refractivity contribution in [1.82, 2.24) is 19.9 Å². The van der Waals surface area contributed by atoms with E-state index in [4.69, 9.17) is 0 Å². The number of aryl methyl sites for hydroxylation is 1. The molecule has 0 N–H and O–H groups in total. The van der Waals surface area contributed by atoms with E-state index in [1.165, 1.54) is 0 Å². The second-order valence-corrected chi connectivity index (χ2v) is 5.10. The summed E-state index contributed by atoms with van der Waals surface area (Å²) in [7, 11) is 0. The predicted molar refractivity (Wildman–Crippen MR) is 78.5 cm³/mol. The Labute approximate surface area is 119 Å². The molecule has 0 amide bonds. The first-order valence-electron chi connectivity index (χ1n) is 6.97. The van der Waals surface area contributed by atoms with Gasteiger partial charge < -0.3 is 4.90 Å². The van der Waals surface area contributed by atoms with Gasteiger partial charge in [-0.15, -0.1) is 0 Å². The minimum atomic E-state index is 0.925. The van der Waals surface area contributed by atoms with Crippen molar-refractivity contribution in [2.45, 2.75) is 13.5 Å². The lowest BCUT2D eigenvalue weighted by Crippen LogP contribution is -2.46.